The van der Waals surface area contributed by atoms with Crippen LogP contribution in [0.25, 0.3) is 6.08 Å². The molecular formula is C17H20O8. The van der Waals surface area contributed by atoms with Crippen molar-refractivity contribution in [2.75, 3.05) is 0 Å². The molecule has 25 heavy (non-hydrogen) atoms. The van der Waals surface area contributed by atoms with Gasteiger partial charge in [0, 0.05) is 6.42 Å². The molecule has 1 aromatic carbocycles. The number of carboxylic acids is 1. The third-order valence-electron chi connectivity index (χ3n) is 4.42. The number of aliphatic hydroxyl groups excluding tert-OH is 3. The average Bonchev–Trinajstić information content (AvgIpc) is 2.53. The molecule has 0 radical (unpaired) electrons. The average molecular weight is 352 g/mol. The van der Waals surface area contributed by atoms with E-state index < -0.39 is 41.9 Å². The molecule has 0 spiro atoms. The van der Waals surface area contributed by atoms with Crippen LogP contribution in [-0.4, -0.2) is 60.7 Å². The number of carbonyl (C=O) groups excluding carboxylic acids is 1. The van der Waals surface area contributed by atoms with Crippen molar-refractivity contribution in [2.45, 2.75) is 37.6 Å². The maximum atomic E-state index is 12.2. The summed E-state index contributed by atoms with van der Waals surface area (Å²) in [5.74, 6) is -2.55. The summed E-state index contributed by atoms with van der Waals surface area (Å²) in [6.45, 7) is 0. The van der Waals surface area contributed by atoms with Gasteiger partial charge in [-0.3, -0.25) is 9.59 Å². The van der Waals surface area contributed by atoms with Crippen LogP contribution in [0.5, 0.6) is 11.5 Å². The Hall–Kier alpha value is -2.42. The van der Waals surface area contributed by atoms with Gasteiger partial charge in [-0.2, -0.15) is 0 Å². The molecule has 1 saturated carbocycles. The molecule has 0 unspecified atom stereocenters. The Labute approximate surface area is 143 Å². The first-order valence-corrected chi connectivity index (χ1v) is 7.65. The van der Waals surface area contributed by atoms with Gasteiger partial charge in [-0.05, 0) is 36.6 Å². The van der Waals surface area contributed by atoms with Crippen LogP contribution in [0.15, 0.2) is 24.3 Å². The number of hydrogen-bond acceptors (Lipinski definition) is 7. The Morgan fingerprint density at radius 3 is 2.20 bits per heavy atom. The second-order valence-electron chi connectivity index (χ2n) is 6.34. The zero-order valence-corrected chi connectivity index (χ0v) is 13.2. The minimum atomic E-state index is -1.67. The minimum absolute atomic E-state index is 0.308. The second-order valence-corrected chi connectivity index (χ2v) is 6.34. The molecule has 0 bridgehead atoms. The van der Waals surface area contributed by atoms with E-state index in [1.165, 1.54) is 24.3 Å². The Kier molecular flexibility index (Phi) is 5.46. The number of hydrogen-bond donors (Lipinski definition) is 6. The largest absolute Gasteiger partial charge is 0.504 e. The lowest BCUT2D eigenvalue weighted by Crippen LogP contribution is -2.52. The molecule has 1 aliphatic carbocycles. The highest BCUT2D eigenvalue weighted by atomic mass is 16.4. The van der Waals surface area contributed by atoms with Gasteiger partial charge in [0.15, 0.2) is 17.3 Å². The standard InChI is InChI=1S/C17H20O8/c18-10(3-1-9-2-4-11(19)12(20)5-9)6-17(16(24)25)7-13(21)15(23)14(22)8-17/h1-5,13-15,19-23H,6-8H2,(H,24,25)/b3-1+/t13-,14-,15?,17?/m1/s1. The normalized spacial score (nSPS) is 29.6. The molecule has 136 valence electrons. The maximum Gasteiger partial charge on any atom is 0.310 e. The lowest BCUT2D eigenvalue weighted by molar-refractivity contribution is -0.171. The van der Waals surface area contributed by atoms with Crippen molar-refractivity contribution >= 4 is 17.8 Å². The number of carbonyl (C=O) groups is 2. The molecular weight excluding hydrogens is 332 g/mol. The highest BCUT2D eigenvalue weighted by Gasteiger charge is 2.50. The quantitative estimate of drug-likeness (QED) is 0.320. The van der Waals surface area contributed by atoms with E-state index in [-0.39, 0.29) is 24.3 Å². The fourth-order valence-corrected chi connectivity index (χ4v) is 3.00. The molecule has 0 aromatic heterocycles. The van der Waals surface area contributed by atoms with Crippen LogP contribution in [0.3, 0.4) is 0 Å². The van der Waals surface area contributed by atoms with E-state index in [0.29, 0.717) is 5.56 Å². The molecule has 2 atom stereocenters. The molecule has 8 nitrogen and oxygen atoms in total. The third kappa shape index (κ3) is 4.16. The van der Waals surface area contributed by atoms with Crippen LogP contribution in [0.2, 0.25) is 0 Å². The molecule has 1 aliphatic rings. The molecule has 0 aliphatic heterocycles. The molecule has 6 N–H and O–H groups in total. The van der Waals surface area contributed by atoms with Crippen LogP contribution in [0, 0.1) is 5.41 Å². The topological polar surface area (TPSA) is 156 Å². The van der Waals surface area contributed by atoms with Crippen molar-refractivity contribution in [1.29, 1.82) is 0 Å². The Bertz CT molecular complexity index is 684. The fourth-order valence-electron chi connectivity index (χ4n) is 3.00. The first kappa shape index (κ1) is 18.9. The van der Waals surface area contributed by atoms with E-state index in [2.05, 4.69) is 0 Å². The van der Waals surface area contributed by atoms with Crippen molar-refractivity contribution in [3.63, 3.8) is 0 Å². The monoisotopic (exact) mass is 352 g/mol. The Morgan fingerprint density at radius 1 is 1.08 bits per heavy atom. The number of phenolic OH excluding ortho intramolecular Hbond substituents is 2. The molecule has 8 heteroatoms. The smallest absolute Gasteiger partial charge is 0.310 e. The number of aliphatic carboxylic acids is 1. The summed E-state index contributed by atoms with van der Waals surface area (Å²) in [6, 6.07) is 3.93. The summed E-state index contributed by atoms with van der Waals surface area (Å²) in [5, 5.41) is 57.2. The number of allylic oxidation sites excluding steroid dienone is 1. The zero-order chi connectivity index (χ0) is 18.8. The van der Waals surface area contributed by atoms with Crippen LogP contribution in [0.1, 0.15) is 24.8 Å². The molecule has 1 aromatic rings. The van der Waals surface area contributed by atoms with Crippen molar-refractivity contribution in [3.05, 3.63) is 29.8 Å². The summed E-state index contributed by atoms with van der Waals surface area (Å²) in [7, 11) is 0. The van der Waals surface area contributed by atoms with E-state index in [1.807, 2.05) is 0 Å². The number of aromatic hydroxyl groups is 2. The summed E-state index contributed by atoms with van der Waals surface area (Å²) >= 11 is 0. The van der Waals surface area contributed by atoms with E-state index >= 15 is 0 Å². The van der Waals surface area contributed by atoms with Gasteiger partial charge >= 0.3 is 5.97 Å². The number of ketones is 1. The molecule has 0 saturated heterocycles. The van der Waals surface area contributed by atoms with Gasteiger partial charge in [-0.25, -0.2) is 0 Å². The fraction of sp³-hybridized carbons (Fsp3) is 0.412. The molecule has 2 rings (SSSR count). The minimum Gasteiger partial charge on any atom is -0.504 e. The van der Waals surface area contributed by atoms with E-state index in [4.69, 9.17) is 0 Å². The number of aliphatic hydroxyl groups is 3. The predicted molar refractivity (Wildman–Crippen MR) is 85.8 cm³/mol. The lowest BCUT2D eigenvalue weighted by atomic mass is 9.68. The van der Waals surface area contributed by atoms with Gasteiger partial charge in [0.05, 0.1) is 17.6 Å². The van der Waals surface area contributed by atoms with Gasteiger partial charge in [-0.1, -0.05) is 12.1 Å². The number of carboxylic acid groups (broad SMARTS) is 1. The highest BCUT2D eigenvalue weighted by Crippen LogP contribution is 2.40. The van der Waals surface area contributed by atoms with E-state index in [0.717, 1.165) is 6.08 Å². The lowest BCUT2D eigenvalue weighted by Gasteiger charge is -2.40. The van der Waals surface area contributed by atoms with Gasteiger partial charge in [0.25, 0.3) is 0 Å². The van der Waals surface area contributed by atoms with Gasteiger partial charge in [0.2, 0.25) is 0 Å². The van der Waals surface area contributed by atoms with Crippen molar-refractivity contribution in [3.8, 4) is 11.5 Å². The van der Waals surface area contributed by atoms with Crippen molar-refractivity contribution in [2.24, 2.45) is 5.41 Å². The summed E-state index contributed by atoms with van der Waals surface area (Å²) < 4.78 is 0. The van der Waals surface area contributed by atoms with Gasteiger partial charge in [-0.15, -0.1) is 0 Å². The summed E-state index contributed by atoms with van der Waals surface area (Å²) in [4.78, 5) is 23.8. The predicted octanol–water partition coefficient (Wildman–Crippen LogP) is 0.0177. The van der Waals surface area contributed by atoms with Crippen LogP contribution >= 0.6 is 0 Å². The maximum absolute atomic E-state index is 12.2. The van der Waals surface area contributed by atoms with Gasteiger partial charge < -0.3 is 30.6 Å². The number of rotatable bonds is 5. The third-order valence-corrected chi connectivity index (χ3v) is 4.42. The molecule has 0 heterocycles. The number of phenols is 2. The van der Waals surface area contributed by atoms with Crippen LogP contribution in [0.4, 0.5) is 0 Å². The Balaban J connectivity index is 2.14. The SMILES string of the molecule is O=C(/C=C/c1ccc(O)c(O)c1)CC1(C(=O)O)C[C@@H](O)C(O)[C@H](O)C1. The number of benzene rings is 1. The molecule has 0 amide bonds. The first-order chi connectivity index (χ1) is 11.6. The highest BCUT2D eigenvalue weighted by molar-refractivity contribution is 5.96. The van der Waals surface area contributed by atoms with Gasteiger partial charge in [0.1, 0.15) is 6.10 Å². The Morgan fingerprint density at radius 2 is 1.68 bits per heavy atom. The van der Waals surface area contributed by atoms with Crippen LogP contribution in [-0.2, 0) is 9.59 Å². The van der Waals surface area contributed by atoms with E-state index in [1.54, 1.807) is 0 Å². The summed E-state index contributed by atoms with van der Waals surface area (Å²) in [6.07, 6.45) is -3.00. The van der Waals surface area contributed by atoms with E-state index in [9.17, 15) is 40.2 Å². The zero-order valence-electron chi connectivity index (χ0n) is 13.2. The van der Waals surface area contributed by atoms with Crippen molar-refractivity contribution in [1.82, 2.24) is 0 Å². The summed E-state index contributed by atoms with van der Waals surface area (Å²) in [5.41, 5.74) is -1.25. The molecule has 1 fully saturated rings. The first-order valence-electron chi connectivity index (χ1n) is 7.65. The van der Waals surface area contributed by atoms with Crippen LogP contribution < -0.4 is 0 Å². The second kappa shape index (κ2) is 7.22. The van der Waals surface area contributed by atoms with Crippen molar-refractivity contribution < 1.29 is 40.2 Å².